The maximum atomic E-state index is 4.62. The monoisotopic (exact) mass is 512 g/mol. The quantitative estimate of drug-likeness (QED) is 0.307. The van der Waals surface area contributed by atoms with Gasteiger partial charge in [-0.15, -0.1) is 0 Å². The van der Waals surface area contributed by atoms with Crippen LogP contribution in [0.2, 0.25) is 0 Å². The van der Waals surface area contributed by atoms with Crippen molar-refractivity contribution in [1.29, 1.82) is 0 Å². The summed E-state index contributed by atoms with van der Waals surface area (Å²) in [4.78, 5) is 19.7. The summed E-state index contributed by atoms with van der Waals surface area (Å²) in [5.74, 6) is 0. The van der Waals surface area contributed by atoms with Gasteiger partial charge in [0, 0.05) is 47.9 Å². The Morgan fingerprint density at radius 1 is 0.594 bits per heavy atom. The van der Waals surface area contributed by atoms with E-state index in [0.29, 0.717) is 0 Å². The molecule has 0 aromatic carbocycles. The SMILES string of the molecule is C1=Cc2cc3ccc(cc4ccc(cc5nc(cc1n2)C=C5)[nH]4)[nH]3.[Br-].[Sc].[c-]1ccccn1. The van der Waals surface area contributed by atoms with E-state index in [1.807, 2.05) is 54.6 Å². The summed E-state index contributed by atoms with van der Waals surface area (Å²) in [7, 11) is 0. The molecule has 32 heavy (non-hydrogen) atoms. The van der Waals surface area contributed by atoms with Crippen molar-refractivity contribution in [3.8, 4) is 0 Å². The van der Waals surface area contributed by atoms with Crippen LogP contribution in [0.15, 0.2) is 72.9 Å². The van der Waals surface area contributed by atoms with Gasteiger partial charge in [-0.1, -0.05) is 12.4 Å². The molecule has 2 N–H and O–H groups in total. The minimum atomic E-state index is 0. The number of aromatic nitrogens is 5. The van der Waals surface area contributed by atoms with Gasteiger partial charge in [0.1, 0.15) is 0 Å². The van der Waals surface area contributed by atoms with E-state index in [-0.39, 0.29) is 42.8 Å². The van der Waals surface area contributed by atoms with Crippen LogP contribution >= 0.6 is 0 Å². The van der Waals surface area contributed by atoms with Crippen LogP contribution in [0.25, 0.3) is 46.4 Å². The molecule has 0 aliphatic carbocycles. The molecule has 0 amide bonds. The molecule has 2 aliphatic rings. The molecule has 155 valence electrons. The molecule has 0 spiro atoms. The minimum Gasteiger partial charge on any atom is -1.00 e. The van der Waals surface area contributed by atoms with Crippen LogP contribution in [-0.4, -0.2) is 24.9 Å². The third-order valence-corrected chi connectivity index (χ3v) is 4.56. The zero-order valence-corrected chi connectivity index (χ0v) is 20.4. The number of H-pyrrole nitrogens is 2. The first-order valence-electron chi connectivity index (χ1n) is 9.62. The van der Waals surface area contributed by atoms with Gasteiger partial charge >= 0.3 is 0 Å². The Bertz CT molecular complexity index is 1290. The molecule has 6 rings (SSSR count). The van der Waals surface area contributed by atoms with Crippen LogP contribution < -0.4 is 17.0 Å². The van der Waals surface area contributed by atoms with Gasteiger partial charge in [-0.25, -0.2) is 9.97 Å². The number of hydrogen-bond acceptors (Lipinski definition) is 3. The van der Waals surface area contributed by atoms with Crippen molar-refractivity contribution in [2.24, 2.45) is 0 Å². The smallest absolute Gasteiger partial charge is 0.0659 e. The Kier molecular flexibility index (Phi) is 8.25. The Labute approximate surface area is 215 Å². The van der Waals surface area contributed by atoms with E-state index in [9.17, 15) is 0 Å². The first kappa shape index (κ1) is 23.8. The Morgan fingerprint density at radius 2 is 1.06 bits per heavy atom. The van der Waals surface area contributed by atoms with Gasteiger partial charge in [-0.3, -0.25) is 0 Å². The largest absolute Gasteiger partial charge is 1.00 e. The maximum absolute atomic E-state index is 4.62. The standard InChI is InChI=1S/C20H14N4.C5H4N.BrH.Sc/c1-2-14-10-16-5-6-18(23-16)12-20-8-7-19(24-20)11-17-4-3-15(22-17)9-13(1)21-14;1-2-4-6-5-3-1;;/h1-12,21-22H;1-4H;1H;/q;-1;;/p-1. The predicted octanol–water partition coefficient (Wildman–Crippen LogP) is 2.54. The average Bonchev–Trinajstić information content (AvgIpc) is 3.56. The van der Waals surface area contributed by atoms with Crippen molar-refractivity contribution in [3.63, 3.8) is 0 Å². The summed E-state index contributed by atoms with van der Waals surface area (Å²) in [6.45, 7) is 0. The number of aromatic amines is 2. The van der Waals surface area contributed by atoms with Crippen LogP contribution in [0.1, 0.15) is 22.8 Å². The predicted molar refractivity (Wildman–Crippen MR) is 122 cm³/mol. The molecular weight excluding hydrogens is 495 g/mol. The zero-order valence-electron chi connectivity index (χ0n) is 17.0. The summed E-state index contributed by atoms with van der Waals surface area (Å²) in [5, 5.41) is 0. The van der Waals surface area contributed by atoms with Crippen LogP contribution in [-0.2, 0) is 25.8 Å². The minimum absolute atomic E-state index is 0. The second-order valence-electron chi connectivity index (χ2n) is 6.86. The Balaban J connectivity index is 0.000000317. The molecule has 0 atom stereocenters. The molecule has 0 fully saturated rings. The molecule has 0 unspecified atom stereocenters. The average molecular weight is 513 g/mol. The molecule has 0 saturated carbocycles. The summed E-state index contributed by atoms with van der Waals surface area (Å²) in [5.41, 5.74) is 7.86. The number of halogens is 1. The molecule has 4 aromatic heterocycles. The van der Waals surface area contributed by atoms with Crippen LogP contribution in [0.4, 0.5) is 0 Å². The Hall–Kier alpha value is -2.90. The first-order chi connectivity index (χ1) is 14.8. The van der Waals surface area contributed by atoms with E-state index in [1.165, 1.54) is 0 Å². The summed E-state index contributed by atoms with van der Waals surface area (Å²) in [6, 6.07) is 21.9. The first-order valence-corrected chi connectivity index (χ1v) is 9.62. The molecule has 8 bridgehead atoms. The maximum Gasteiger partial charge on any atom is 0.0659 e. The van der Waals surface area contributed by atoms with Gasteiger partial charge in [0.2, 0.25) is 0 Å². The van der Waals surface area contributed by atoms with Crippen molar-refractivity contribution in [1.82, 2.24) is 24.9 Å². The topological polar surface area (TPSA) is 70.2 Å². The van der Waals surface area contributed by atoms with Crippen molar-refractivity contribution in [2.45, 2.75) is 0 Å². The Morgan fingerprint density at radius 3 is 1.44 bits per heavy atom. The van der Waals surface area contributed by atoms with Crippen molar-refractivity contribution >= 4 is 46.4 Å². The van der Waals surface area contributed by atoms with E-state index in [2.05, 4.69) is 61.4 Å². The van der Waals surface area contributed by atoms with Gasteiger partial charge in [0.05, 0.1) is 22.8 Å². The van der Waals surface area contributed by atoms with Crippen LogP contribution in [0, 0.1) is 6.20 Å². The van der Waals surface area contributed by atoms with E-state index < -0.39 is 0 Å². The van der Waals surface area contributed by atoms with Crippen molar-refractivity contribution < 1.29 is 42.8 Å². The number of fused-ring (bicyclic) bond motifs is 8. The van der Waals surface area contributed by atoms with Crippen molar-refractivity contribution in [3.05, 3.63) is 102 Å². The number of nitrogens with one attached hydrogen (secondary N) is 2. The number of nitrogens with zero attached hydrogens (tertiary/aromatic N) is 3. The van der Waals surface area contributed by atoms with Gasteiger partial charge < -0.3 is 31.9 Å². The van der Waals surface area contributed by atoms with Crippen molar-refractivity contribution in [2.75, 3.05) is 0 Å². The van der Waals surface area contributed by atoms with E-state index in [0.717, 1.165) is 44.8 Å². The van der Waals surface area contributed by atoms with Gasteiger partial charge in [0.25, 0.3) is 0 Å². The zero-order chi connectivity index (χ0) is 20.2. The second-order valence-corrected chi connectivity index (χ2v) is 6.86. The number of rotatable bonds is 0. The normalized spacial score (nSPS) is 11.0. The fourth-order valence-electron chi connectivity index (χ4n) is 3.22. The van der Waals surface area contributed by atoms with Gasteiger partial charge in [0.15, 0.2) is 0 Å². The molecule has 2 aliphatic heterocycles. The number of hydrogen-bond donors (Lipinski definition) is 2. The van der Waals surface area contributed by atoms with E-state index >= 15 is 0 Å². The summed E-state index contributed by atoms with van der Waals surface area (Å²) < 4.78 is 0. The molecule has 4 aromatic rings. The summed E-state index contributed by atoms with van der Waals surface area (Å²) >= 11 is 0. The van der Waals surface area contributed by atoms with Crippen LogP contribution in [0.3, 0.4) is 0 Å². The molecule has 1 radical (unpaired) electrons. The summed E-state index contributed by atoms with van der Waals surface area (Å²) in [6.07, 6.45) is 12.4. The van der Waals surface area contributed by atoms with Gasteiger partial charge in [-0.2, -0.15) is 18.2 Å². The third-order valence-electron chi connectivity index (χ3n) is 4.56. The number of pyridine rings is 1. The van der Waals surface area contributed by atoms with Crippen LogP contribution in [0.5, 0.6) is 0 Å². The van der Waals surface area contributed by atoms with E-state index in [1.54, 1.807) is 12.3 Å². The molecule has 0 saturated heterocycles. The third kappa shape index (κ3) is 6.08. The fourth-order valence-corrected chi connectivity index (χ4v) is 3.22. The molecule has 6 heterocycles. The fraction of sp³-hybridized carbons (Fsp3) is 0. The molecule has 7 heteroatoms. The van der Waals surface area contributed by atoms with Gasteiger partial charge in [-0.05, 0) is 72.8 Å². The van der Waals surface area contributed by atoms with E-state index in [4.69, 9.17) is 0 Å². The molecule has 5 nitrogen and oxygen atoms in total. The molecular formula is C25H18BrN5Sc-2. The second kappa shape index (κ2) is 11.1.